The second kappa shape index (κ2) is 8.91. The van der Waals surface area contributed by atoms with Gasteiger partial charge >= 0.3 is 0 Å². The molecule has 1 aromatic carbocycles. The van der Waals surface area contributed by atoms with Gasteiger partial charge in [-0.2, -0.15) is 4.31 Å². The number of hydrogen-bond donors (Lipinski definition) is 0. The minimum absolute atomic E-state index is 0.0478. The van der Waals surface area contributed by atoms with Crippen molar-refractivity contribution in [2.75, 3.05) is 44.2 Å². The standard InChI is InChI=1S/C21H25ClN4O3S/c22-18-8-9-20(23-15-18)24-11-13-25(14-12-24)21(27)17-5-4-10-26(16-17)30(28,29)19-6-2-1-3-7-19/h1-3,6-9,15,17H,4-5,10-14,16H2. The Morgan fingerprint density at radius 1 is 1.00 bits per heavy atom. The van der Waals surface area contributed by atoms with E-state index in [1.165, 1.54) is 4.31 Å². The Morgan fingerprint density at radius 3 is 2.40 bits per heavy atom. The third-order valence-electron chi connectivity index (χ3n) is 5.74. The van der Waals surface area contributed by atoms with Crippen molar-refractivity contribution >= 4 is 33.3 Å². The lowest BCUT2D eigenvalue weighted by molar-refractivity contribution is -0.137. The third kappa shape index (κ3) is 4.45. The zero-order valence-corrected chi connectivity index (χ0v) is 18.2. The zero-order valence-electron chi connectivity index (χ0n) is 16.7. The number of carbonyl (C=O) groups excluding carboxylic acids is 1. The molecular weight excluding hydrogens is 424 g/mol. The number of pyridine rings is 1. The molecule has 7 nitrogen and oxygen atoms in total. The first kappa shape index (κ1) is 21.1. The van der Waals surface area contributed by atoms with E-state index in [1.807, 2.05) is 17.0 Å². The Labute approximate surface area is 182 Å². The van der Waals surface area contributed by atoms with E-state index in [4.69, 9.17) is 11.6 Å². The first-order valence-corrected chi connectivity index (χ1v) is 12.0. The van der Waals surface area contributed by atoms with Crippen LogP contribution in [0.5, 0.6) is 0 Å². The van der Waals surface area contributed by atoms with Crippen LogP contribution in [-0.4, -0.2) is 67.8 Å². The number of aromatic nitrogens is 1. The SMILES string of the molecule is O=C(C1CCCN(S(=O)(=O)c2ccccc2)C1)N1CCN(c2ccc(Cl)cn2)CC1. The van der Waals surface area contributed by atoms with Gasteiger partial charge in [0, 0.05) is 45.5 Å². The van der Waals surface area contributed by atoms with Crippen LogP contribution >= 0.6 is 11.6 Å². The third-order valence-corrected chi connectivity index (χ3v) is 7.84. The van der Waals surface area contributed by atoms with Crippen LogP contribution in [0.25, 0.3) is 0 Å². The summed E-state index contributed by atoms with van der Waals surface area (Å²) in [5.74, 6) is 0.605. The summed E-state index contributed by atoms with van der Waals surface area (Å²) >= 11 is 5.90. The van der Waals surface area contributed by atoms with Crippen LogP contribution in [0.4, 0.5) is 5.82 Å². The van der Waals surface area contributed by atoms with Crippen LogP contribution in [0.3, 0.4) is 0 Å². The Balaban J connectivity index is 1.37. The maximum atomic E-state index is 13.1. The highest BCUT2D eigenvalue weighted by atomic mass is 35.5. The molecule has 4 rings (SSSR count). The van der Waals surface area contributed by atoms with Crippen LogP contribution in [0.2, 0.25) is 5.02 Å². The molecule has 2 aromatic rings. The van der Waals surface area contributed by atoms with Gasteiger partial charge in [-0.05, 0) is 37.1 Å². The Morgan fingerprint density at radius 2 is 1.73 bits per heavy atom. The maximum Gasteiger partial charge on any atom is 0.243 e. The van der Waals surface area contributed by atoms with Gasteiger partial charge in [0.2, 0.25) is 15.9 Å². The molecule has 160 valence electrons. The number of hydrogen-bond acceptors (Lipinski definition) is 5. The number of anilines is 1. The molecule has 0 radical (unpaired) electrons. The topological polar surface area (TPSA) is 73.8 Å². The number of piperidine rings is 1. The van der Waals surface area contributed by atoms with E-state index in [0.29, 0.717) is 44.2 Å². The normalized spacial score (nSPS) is 20.9. The predicted octanol–water partition coefficient (Wildman–Crippen LogP) is 2.48. The number of carbonyl (C=O) groups is 1. The largest absolute Gasteiger partial charge is 0.353 e. The molecule has 1 amide bonds. The molecule has 1 aromatic heterocycles. The molecule has 2 saturated heterocycles. The highest BCUT2D eigenvalue weighted by molar-refractivity contribution is 7.89. The van der Waals surface area contributed by atoms with Crippen molar-refractivity contribution in [3.63, 3.8) is 0 Å². The first-order chi connectivity index (χ1) is 14.4. The second-order valence-corrected chi connectivity index (χ2v) is 10.0. The molecule has 2 aliphatic rings. The number of piperazine rings is 1. The summed E-state index contributed by atoms with van der Waals surface area (Å²) in [6.45, 7) is 3.29. The van der Waals surface area contributed by atoms with Gasteiger partial charge in [-0.3, -0.25) is 4.79 Å². The molecule has 0 saturated carbocycles. The van der Waals surface area contributed by atoms with Gasteiger partial charge in [0.05, 0.1) is 15.8 Å². The number of benzene rings is 1. The van der Waals surface area contributed by atoms with Crippen LogP contribution in [0.1, 0.15) is 12.8 Å². The average molecular weight is 449 g/mol. The van der Waals surface area contributed by atoms with E-state index in [9.17, 15) is 13.2 Å². The highest BCUT2D eigenvalue weighted by Gasteiger charge is 2.35. The molecule has 3 heterocycles. The molecule has 2 aliphatic heterocycles. The first-order valence-electron chi connectivity index (χ1n) is 10.2. The summed E-state index contributed by atoms with van der Waals surface area (Å²) in [5, 5.41) is 0.597. The van der Waals surface area contributed by atoms with Gasteiger partial charge in [-0.15, -0.1) is 0 Å². The van der Waals surface area contributed by atoms with E-state index in [1.54, 1.807) is 36.5 Å². The molecule has 0 N–H and O–H groups in total. The Hall–Kier alpha value is -2.16. The van der Waals surface area contributed by atoms with Crippen molar-refractivity contribution in [2.45, 2.75) is 17.7 Å². The number of rotatable bonds is 4. The van der Waals surface area contributed by atoms with Crippen molar-refractivity contribution in [3.05, 3.63) is 53.7 Å². The van der Waals surface area contributed by atoms with Crippen molar-refractivity contribution < 1.29 is 13.2 Å². The van der Waals surface area contributed by atoms with Gasteiger partial charge in [-0.25, -0.2) is 13.4 Å². The molecule has 2 fully saturated rings. The minimum Gasteiger partial charge on any atom is -0.353 e. The minimum atomic E-state index is -3.57. The molecule has 30 heavy (non-hydrogen) atoms. The molecule has 9 heteroatoms. The summed E-state index contributed by atoms with van der Waals surface area (Å²) in [5.41, 5.74) is 0. The van der Waals surface area contributed by atoms with Gasteiger partial charge in [-0.1, -0.05) is 29.8 Å². The number of halogens is 1. The van der Waals surface area contributed by atoms with Crippen LogP contribution in [-0.2, 0) is 14.8 Å². The van der Waals surface area contributed by atoms with Gasteiger partial charge in [0.15, 0.2) is 0 Å². The quantitative estimate of drug-likeness (QED) is 0.718. The number of amides is 1. The van der Waals surface area contributed by atoms with Crippen LogP contribution in [0.15, 0.2) is 53.6 Å². The fraction of sp³-hybridized carbons (Fsp3) is 0.429. The van der Waals surface area contributed by atoms with E-state index >= 15 is 0 Å². The lowest BCUT2D eigenvalue weighted by Crippen LogP contribution is -2.53. The van der Waals surface area contributed by atoms with Crippen LogP contribution < -0.4 is 4.90 Å². The van der Waals surface area contributed by atoms with E-state index in [-0.39, 0.29) is 23.3 Å². The molecule has 1 unspecified atom stereocenters. The number of nitrogens with zero attached hydrogens (tertiary/aromatic N) is 4. The molecular formula is C21H25ClN4O3S. The van der Waals surface area contributed by atoms with Crippen molar-refractivity contribution in [3.8, 4) is 0 Å². The lowest BCUT2D eigenvalue weighted by atomic mass is 9.98. The van der Waals surface area contributed by atoms with Crippen molar-refractivity contribution in [1.82, 2.24) is 14.2 Å². The zero-order chi connectivity index (χ0) is 21.1. The molecule has 0 bridgehead atoms. The summed E-state index contributed by atoms with van der Waals surface area (Å²) in [6, 6.07) is 12.1. The summed E-state index contributed by atoms with van der Waals surface area (Å²) in [6.07, 6.45) is 3.04. The highest BCUT2D eigenvalue weighted by Crippen LogP contribution is 2.26. The molecule has 1 atom stereocenters. The number of sulfonamides is 1. The van der Waals surface area contributed by atoms with Gasteiger partial charge < -0.3 is 9.80 Å². The predicted molar refractivity (Wildman–Crippen MR) is 116 cm³/mol. The van der Waals surface area contributed by atoms with Crippen molar-refractivity contribution in [1.29, 1.82) is 0 Å². The fourth-order valence-corrected chi connectivity index (χ4v) is 5.73. The molecule has 0 spiro atoms. The van der Waals surface area contributed by atoms with E-state index < -0.39 is 10.0 Å². The lowest BCUT2D eigenvalue weighted by Gasteiger charge is -2.39. The van der Waals surface area contributed by atoms with E-state index in [2.05, 4.69) is 9.88 Å². The summed E-state index contributed by atoms with van der Waals surface area (Å²) < 4.78 is 27.3. The Kier molecular flexibility index (Phi) is 6.26. The fourth-order valence-electron chi connectivity index (χ4n) is 4.07. The van der Waals surface area contributed by atoms with Gasteiger partial charge in [0.25, 0.3) is 0 Å². The average Bonchev–Trinajstić information content (AvgIpc) is 2.80. The summed E-state index contributed by atoms with van der Waals surface area (Å²) in [7, 11) is -3.57. The van der Waals surface area contributed by atoms with Crippen molar-refractivity contribution in [2.24, 2.45) is 5.92 Å². The maximum absolute atomic E-state index is 13.1. The summed E-state index contributed by atoms with van der Waals surface area (Å²) in [4.78, 5) is 21.7. The van der Waals surface area contributed by atoms with E-state index in [0.717, 1.165) is 12.2 Å². The Bertz CT molecular complexity index is 977. The van der Waals surface area contributed by atoms with Gasteiger partial charge in [0.1, 0.15) is 5.82 Å². The smallest absolute Gasteiger partial charge is 0.243 e. The van der Waals surface area contributed by atoms with Crippen LogP contribution in [0, 0.1) is 5.92 Å². The second-order valence-electron chi connectivity index (χ2n) is 7.66. The molecule has 0 aliphatic carbocycles. The monoisotopic (exact) mass is 448 g/mol.